The van der Waals surface area contributed by atoms with Gasteiger partial charge in [-0.05, 0) is 43.2 Å². The number of halogens is 2. The van der Waals surface area contributed by atoms with Gasteiger partial charge in [-0.3, -0.25) is 9.58 Å². The zero-order valence-corrected chi connectivity index (χ0v) is 16.0. The highest BCUT2D eigenvalue weighted by molar-refractivity contribution is 5.93. The summed E-state index contributed by atoms with van der Waals surface area (Å²) >= 11 is 0. The van der Waals surface area contributed by atoms with Gasteiger partial charge in [-0.2, -0.15) is 5.10 Å². The summed E-state index contributed by atoms with van der Waals surface area (Å²) in [6.07, 6.45) is 11.9. The lowest BCUT2D eigenvalue weighted by Gasteiger charge is -2.34. The van der Waals surface area contributed by atoms with Gasteiger partial charge >= 0.3 is 0 Å². The third kappa shape index (κ3) is 3.21. The van der Waals surface area contributed by atoms with E-state index < -0.39 is 5.92 Å². The second-order valence-electron chi connectivity index (χ2n) is 8.35. The van der Waals surface area contributed by atoms with Gasteiger partial charge < -0.3 is 4.98 Å². The Morgan fingerprint density at radius 2 is 2.00 bits per heavy atom. The lowest BCUT2D eigenvalue weighted by Crippen LogP contribution is -2.37. The topological polar surface area (TPSA) is 49.7 Å². The number of nitrogens with zero attached hydrogens (tertiary/aromatic N) is 4. The monoisotopic (exact) mass is 385 g/mol. The number of hydrogen-bond acceptors (Lipinski definition) is 3. The molecule has 4 heterocycles. The van der Waals surface area contributed by atoms with Crippen LogP contribution >= 0.6 is 0 Å². The SMILES string of the molecule is Cn1cc(-c2c[nH]c3ncc(C4CCC(N5CCC(F)(F)C5)CC4)cc23)cn1. The molecule has 2 aliphatic rings. The number of aromatic nitrogens is 4. The van der Waals surface area contributed by atoms with Gasteiger partial charge in [0.25, 0.3) is 5.92 Å². The predicted molar refractivity (Wildman–Crippen MR) is 104 cm³/mol. The van der Waals surface area contributed by atoms with Crippen molar-refractivity contribution in [1.82, 2.24) is 24.6 Å². The molecule has 1 aliphatic heterocycles. The summed E-state index contributed by atoms with van der Waals surface area (Å²) in [7, 11) is 1.91. The van der Waals surface area contributed by atoms with Gasteiger partial charge in [0.2, 0.25) is 0 Å². The van der Waals surface area contributed by atoms with E-state index in [2.05, 4.69) is 21.1 Å². The van der Waals surface area contributed by atoms with Crippen molar-refractivity contribution >= 4 is 11.0 Å². The molecular formula is C21H25F2N5. The van der Waals surface area contributed by atoms with E-state index in [1.807, 2.05) is 36.7 Å². The Hall–Kier alpha value is -2.28. The van der Waals surface area contributed by atoms with Gasteiger partial charge in [0.05, 0.1) is 12.7 Å². The van der Waals surface area contributed by atoms with E-state index in [1.165, 1.54) is 5.56 Å². The van der Waals surface area contributed by atoms with Crippen LogP contribution in [0.4, 0.5) is 8.78 Å². The molecule has 1 saturated heterocycles. The number of likely N-dealkylation sites (tertiary alicyclic amines) is 1. The summed E-state index contributed by atoms with van der Waals surface area (Å²) in [5.41, 5.74) is 4.33. The van der Waals surface area contributed by atoms with E-state index >= 15 is 0 Å². The second-order valence-corrected chi connectivity index (χ2v) is 8.35. The first-order chi connectivity index (χ1) is 13.5. The highest BCUT2D eigenvalue weighted by atomic mass is 19.3. The molecule has 3 aromatic rings. The van der Waals surface area contributed by atoms with Crippen LogP contribution in [0.5, 0.6) is 0 Å². The van der Waals surface area contributed by atoms with E-state index in [0.717, 1.165) is 47.8 Å². The third-order valence-corrected chi connectivity index (χ3v) is 6.45. The number of nitrogens with one attached hydrogen (secondary N) is 1. The van der Waals surface area contributed by atoms with Gasteiger partial charge in [0, 0.05) is 61.2 Å². The molecule has 5 nitrogen and oxygen atoms in total. The normalized spacial score (nSPS) is 25.5. The quantitative estimate of drug-likeness (QED) is 0.730. The summed E-state index contributed by atoms with van der Waals surface area (Å²) in [4.78, 5) is 9.89. The molecule has 1 saturated carbocycles. The standard InChI is InChI=1S/C21H25F2N5/c1-27-12-16(10-26-27)19-11-25-20-18(19)8-15(9-24-20)14-2-4-17(5-3-14)28-7-6-21(22,23)13-28/h8-12,14,17H,2-7,13H2,1H3,(H,24,25). The maximum Gasteiger partial charge on any atom is 0.261 e. The molecule has 0 radical (unpaired) electrons. The fourth-order valence-electron chi connectivity index (χ4n) is 4.89. The van der Waals surface area contributed by atoms with Crippen molar-refractivity contribution in [3.8, 4) is 11.1 Å². The van der Waals surface area contributed by atoms with Crippen LogP contribution in [0.3, 0.4) is 0 Å². The van der Waals surface area contributed by atoms with Crippen LogP contribution in [0.2, 0.25) is 0 Å². The molecule has 2 fully saturated rings. The van der Waals surface area contributed by atoms with Crippen LogP contribution in [-0.2, 0) is 7.05 Å². The number of aryl methyl sites for hydroxylation is 1. The van der Waals surface area contributed by atoms with Crippen molar-refractivity contribution < 1.29 is 8.78 Å². The lowest BCUT2D eigenvalue weighted by atomic mass is 9.81. The van der Waals surface area contributed by atoms with Crippen LogP contribution < -0.4 is 0 Å². The van der Waals surface area contributed by atoms with Gasteiger partial charge in [0.15, 0.2) is 0 Å². The molecular weight excluding hydrogens is 360 g/mol. The number of H-pyrrole nitrogens is 1. The fourth-order valence-corrected chi connectivity index (χ4v) is 4.89. The zero-order valence-electron chi connectivity index (χ0n) is 16.0. The molecule has 1 N–H and O–H groups in total. The molecule has 0 atom stereocenters. The molecule has 0 bridgehead atoms. The Morgan fingerprint density at radius 3 is 2.68 bits per heavy atom. The Labute approximate surface area is 162 Å². The summed E-state index contributed by atoms with van der Waals surface area (Å²) in [5.74, 6) is -2.05. The van der Waals surface area contributed by atoms with E-state index in [0.29, 0.717) is 18.5 Å². The summed E-state index contributed by atoms with van der Waals surface area (Å²) in [6.45, 7) is 0.474. The maximum absolute atomic E-state index is 13.5. The number of rotatable bonds is 3. The van der Waals surface area contributed by atoms with E-state index in [4.69, 9.17) is 0 Å². The van der Waals surface area contributed by atoms with Crippen LogP contribution in [0.25, 0.3) is 22.2 Å². The fraction of sp³-hybridized carbons (Fsp3) is 0.524. The van der Waals surface area contributed by atoms with Crippen LogP contribution in [0, 0.1) is 0 Å². The first-order valence-corrected chi connectivity index (χ1v) is 10.1. The van der Waals surface area contributed by atoms with Crippen molar-refractivity contribution in [2.45, 2.75) is 50.0 Å². The Morgan fingerprint density at radius 1 is 1.18 bits per heavy atom. The van der Waals surface area contributed by atoms with Gasteiger partial charge in [-0.1, -0.05) is 0 Å². The molecule has 1 aliphatic carbocycles. The van der Waals surface area contributed by atoms with Crippen molar-refractivity contribution in [2.75, 3.05) is 13.1 Å². The Bertz CT molecular complexity index is 984. The van der Waals surface area contributed by atoms with Crippen molar-refractivity contribution in [3.63, 3.8) is 0 Å². The molecule has 5 rings (SSSR count). The first-order valence-electron chi connectivity index (χ1n) is 10.1. The maximum atomic E-state index is 13.5. The summed E-state index contributed by atoms with van der Waals surface area (Å²) in [6, 6.07) is 2.55. The number of alkyl halides is 2. The predicted octanol–water partition coefficient (Wildman–Crippen LogP) is 4.33. The average molecular weight is 385 g/mol. The molecule has 148 valence electrons. The van der Waals surface area contributed by atoms with Crippen molar-refractivity contribution in [3.05, 3.63) is 36.4 Å². The summed E-state index contributed by atoms with van der Waals surface area (Å²) < 4.78 is 28.9. The minimum absolute atomic E-state index is 0.0120. The smallest absolute Gasteiger partial charge is 0.261 e. The molecule has 0 unspecified atom stereocenters. The highest BCUT2D eigenvalue weighted by Crippen LogP contribution is 2.39. The van der Waals surface area contributed by atoms with Crippen molar-refractivity contribution in [2.24, 2.45) is 7.05 Å². The molecule has 0 amide bonds. The second kappa shape index (κ2) is 6.65. The number of hydrogen-bond donors (Lipinski definition) is 1. The van der Waals surface area contributed by atoms with Crippen LogP contribution in [0.1, 0.15) is 43.6 Å². The number of fused-ring (bicyclic) bond motifs is 1. The lowest BCUT2D eigenvalue weighted by molar-refractivity contribution is 0.00517. The summed E-state index contributed by atoms with van der Waals surface area (Å²) in [5, 5.41) is 5.39. The minimum Gasteiger partial charge on any atom is -0.346 e. The third-order valence-electron chi connectivity index (χ3n) is 6.45. The number of pyridine rings is 1. The van der Waals surface area contributed by atoms with Gasteiger partial charge in [-0.25, -0.2) is 13.8 Å². The largest absolute Gasteiger partial charge is 0.346 e. The Balaban J connectivity index is 1.33. The van der Waals surface area contributed by atoms with Crippen LogP contribution in [0.15, 0.2) is 30.9 Å². The van der Waals surface area contributed by atoms with E-state index in [9.17, 15) is 8.78 Å². The Kier molecular flexibility index (Phi) is 4.23. The van der Waals surface area contributed by atoms with Crippen LogP contribution in [-0.4, -0.2) is 49.7 Å². The minimum atomic E-state index is -2.50. The highest BCUT2D eigenvalue weighted by Gasteiger charge is 2.41. The zero-order chi connectivity index (χ0) is 19.3. The molecule has 3 aromatic heterocycles. The molecule has 28 heavy (non-hydrogen) atoms. The first kappa shape index (κ1) is 17.8. The van der Waals surface area contributed by atoms with E-state index in [-0.39, 0.29) is 13.0 Å². The molecule has 0 spiro atoms. The average Bonchev–Trinajstić information content (AvgIpc) is 3.39. The van der Waals surface area contributed by atoms with E-state index in [1.54, 1.807) is 4.68 Å². The molecule has 7 heteroatoms. The molecule has 0 aromatic carbocycles. The van der Waals surface area contributed by atoms with Gasteiger partial charge in [0.1, 0.15) is 5.65 Å². The van der Waals surface area contributed by atoms with Crippen molar-refractivity contribution in [1.29, 1.82) is 0 Å². The van der Waals surface area contributed by atoms with Gasteiger partial charge in [-0.15, -0.1) is 0 Å². The number of aromatic amines is 1.